The second-order valence-corrected chi connectivity index (χ2v) is 16.2. The minimum absolute atomic E-state index is 0.699. The summed E-state index contributed by atoms with van der Waals surface area (Å²) in [6.45, 7) is 0. The maximum Gasteiger partial charge on any atom is 0.341 e. The van der Waals surface area contributed by atoms with Gasteiger partial charge in [0.1, 0.15) is 0 Å². The van der Waals surface area contributed by atoms with E-state index in [0.717, 1.165) is 17.9 Å². The Morgan fingerprint density at radius 3 is 1.30 bits per heavy atom. The van der Waals surface area contributed by atoms with E-state index in [4.69, 9.17) is 33.2 Å². The van der Waals surface area contributed by atoms with Crippen molar-refractivity contribution in [3.63, 3.8) is 0 Å². The molecule has 0 aliphatic heterocycles. The summed E-state index contributed by atoms with van der Waals surface area (Å²) in [4.78, 5) is 0. The molecule has 0 aromatic rings. The summed E-state index contributed by atoms with van der Waals surface area (Å²) >= 11 is 19.0. The first-order valence-electron chi connectivity index (χ1n) is 8.63. The van der Waals surface area contributed by atoms with Crippen LogP contribution in [0.5, 0.6) is 0 Å². The fraction of sp³-hybridized carbons (Fsp3) is 1.00. The van der Waals surface area contributed by atoms with Crippen LogP contribution >= 0.6 is 33.2 Å². The zero-order valence-corrected chi connectivity index (χ0v) is 15.8. The second kappa shape index (κ2) is 8.65. The van der Waals surface area contributed by atoms with E-state index in [0.29, 0.717) is 5.92 Å². The molecule has 2 rings (SSSR count). The number of hydrogen-bond donors (Lipinski definition) is 0. The lowest BCUT2D eigenvalue weighted by atomic mass is 9.76. The molecule has 0 unspecified atom stereocenters. The summed E-state index contributed by atoms with van der Waals surface area (Å²) in [7, 11) is 0. The largest absolute Gasteiger partial charge is 0.341 e. The van der Waals surface area contributed by atoms with Gasteiger partial charge in [-0.2, -0.15) is 0 Å². The van der Waals surface area contributed by atoms with Crippen molar-refractivity contribution in [2.75, 3.05) is 0 Å². The fourth-order valence-electron chi connectivity index (χ4n) is 4.46. The average molecular weight is 356 g/mol. The molecule has 0 atom stereocenters. The van der Waals surface area contributed by atoms with Gasteiger partial charge in [0.15, 0.2) is 0 Å². The molecule has 20 heavy (non-hydrogen) atoms. The van der Waals surface area contributed by atoms with E-state index >= 15 is 0 Å². The van der Waals surface area contributed by atoms with Gasteiger partial charge in [0.05, 0.1) is 0 Å². The maximum absolute atomic E-state index is 6.32. The second-order valence-electron chi connectivity index (χ2n) is 6.99. The topological polar surface area (TPSA) is 0 Å². The number of halogens is 3. The lowest BCUT2D eigenvalue weighted by Crippen LogP contribution is -2.29. The molecule has 0 saturated heterocycles. The maximum atomic E-state index is 6.32. The molecule has 0 radical (unpaired) electrons. The molecule has 0 nitrogen and oxygen atoms in total. The molecule has 0 N–H and O–H groups in total. The van der Waals surface area contributed by atoms with Gasteiger partial charge in [0, 0.05) is 0 Å². The van der Waals surface area contributed by atoms with Crippen molar-refractivity contribution in [1.82, 2.24) is 0 Å². The molecule has 0 aromatic heterocycles. The number of rotatable bonds is 4. The highest BCUT2D eigenvalue weighted by molar-refractivity contribution is 7.64. The molecule has 2 aliphatic carbocycles. The van der Waals surface area contributed by atoms with Gasteiger partial charge in [-0.15, -0.1) is 33.2 Å². The van der Waals surface area contributed by atoms with Gasteiger partial charge in [-0.3, -0.25) is 0 Å². The average Bonchev–Trinajstić information content (AvgIpc) is 2.80. The Bertz CT molecular complexity index is 241. The molecule has 0 aromatic carbocycles. The molecule has 118 valence electrons. The van der Waals surface area contributed by atoms with Gasteiger partial charge in [-0.25, -0.2) is 0 Å². The first-order valence-corrected chi connectivity index (χ1v) is 13.9. The molecule has 0 amide bonds. The predicted octanol–water partition coefficient (Wildman–Crippen LogP) is 7.20. The molecular formula is C16H29Cl3Si. The zero-order valence-electron chi connectivity index (χ0n) is 12.6. The van der Waals surface area contributed by atoms with Crippen molar-refractivity contribution in [1.29, 1.82) is 0 Å². The highest BCUT2D eigenvalue weighted by Gasteiger charge is 2.37. The van der Waals surface area contributed by atoms with Gasteiger partial charge in [-0.1, -0.05) is 77.0 Å². The molecule has 2 saturated carbocycles. The van der Waals surface area contributed by atoms with Crippen molar-refractivity contribution >= 4 is 39.2 Å². The Hall–Kier alpha value is 1.09. The minimum atomic E-state index is -2.50. The van der Waals surface area contributed by atoms with Gasteiger partial charge in [-0.05, 0) is 23.8 Å². The van der Waals surface area contributed by atoms with Crippen LogP contribution < -0.4 is 0 Å². The van der Waals surface area contributed by atoms with Crippen LogP contribution in [0.25, 0.3) is 0 Å². The van der Waals surface area contributed by atoms with Gasteiger partial charge < -0.3 is 0 Å². The third kappa shape index (κ3) is 6.06. The third-order valence-electron chi connectivity index (χ3n) is 5.48. The minimum Gasteiger partial charge on any atom is -0.126 e. The lowest BCUT2D eigenvalue weighted by Gasteiger charge is -2.34. The van der Waals surface area contributed by atoms with Crippen LogP contribution in [0.15, 0.2) is 0 Å². The van der Waals surface area contributed by atoms with Crippen molar-refractivity contribution in [2.24, 2.45) is 17.8 Å². The third-order valence-corrected chi connectivity index (χ3v) is 7.80. The summed E-state index contributed by atoms with van der Waals surface area (Å²) in [5, 5.41) is 0. The molecule has 2 fully saturated rings. The van der Waals surface area contributed by atoms with Crippen LogP contribution in [0.3, 0.4) is 0 Å². The van der Waals surface area contributed by atoms with Gasteiger partial charge in [0.25, 0.3) is 0 Å². The van der Waals surface area contributed by atoms with Gasteiger partial charge >= 0.3 is 6.00 Å². The Morgan fingerprint density at radius 2 is 1.00 bits per heavy atom. The first-order chi connectivity index (χ1) is 9.56. The van der Waals surface area contributed by atoms with Crippen molar-refractivity contribution in [3.8, 4) is 0 Å². The quantitative estimate of drug-likeness (QED) is 0.284. The Labute approximate surface area is 140 Å². The van der Waals surface area contributed by atoms with E-state index in [9.17, 15) is 0 Å². The molecule has 0 spiro atoms. The van der Waals surface area contributed by atoms with E-state index in [1.807, 2.05) is 0 Å². The summed E-state index contributed by atoms with van der Waals surface area (Å²) < 4.78 is 0. The van der Waals surface area contributed by atoms with Crippen LogP contribution in [0, 0.1) is 17.8 Å². The summed E-state index contributed by atoms with van der Waals surface area (Å²) in [6.07, 6.45) is 16.8. The molecule has 0 bridgehead atoms. The molecule has 2 aliphatic rings. The molecular weight excluding hydrogens is 327 g/mol. The van der Waals surface area contributed by atoms with E-state index in [2.05, 4.69) is 0 Å². The Balaban J connectivity index is 2.05. The fourth-order valence-corrected chi connectivity index (χ4v) is 7.27. The predicted molar refractivity (Wildman–Crippen MR) is 94.0 cm³/mol. The standard InChI is InChI=1S/C16H29Cl3Si/c17-20(18,19)13-16(14-9-5-1-2-6-10-14)15-11-7-3-4-8-12-15/h14-16H,1-13H2. The van der Waals surface area contributed by atoms with Crippen molar-refractivity contribution in [2.45, 2.75) is 83.1 Å². The van der Waals surface area contributed by atoms with E-state index in [1.54, 1.807) is 0 Å². The monoisotopic (exact) mass is 354 g/mol. The Kier molecular flexibility index (Phi) is 7.54. The lowest BCUT2D eigenvalue weighted by molar-refractivity contribution is 0.206. The molecule has 4 heteroatoms. The highest BCUT2D eigenvalue weighted by Crippen LogP contribution is 2.45. The highest BCUT2D eigenvalue weighted by atomic mass is 35.8. The van der Waals surface area contributed by atoms with E-state index < -0.39 is 6.00 Å². The molecule has 0 heterocycles. The zero-order chi connectivity index (χ0) is 14.4. The van der Waals surface area contributed by atoms with Crippen molar-refractivity contribution in [3.05, 3.63) is 0 Å². The Morgan fingerprint density at radius 1 is 0.650 bits per heavy atom. The SMILES string of the molecule is Cl[Si](Cl)(Cl)CC(C1CCCCCC1)C1CCCCCC1. The summed E-state index contributed by atoms with van der Waals surface area (Å²) in [6, 6.07) is -1.59. The van der Waals surface area contributed by atoms with E-state index in [1.165, 1.54) is 77.0 Å². The van der Waals surface area contributed by atoms with Crippen molar-refractivity contribution < 1.29 is 0 Å². The summed E-state index contributed by atoms with van der Waals surface area (Å²) in [5.74, 6) is 2.37. The van der Waals surface area contributed by atoms with Crippen LogP contribution in [-0.4, -0.2) is 6.00 Å². The van der Waals surface area contributed by atoms with Crippen LogP contribution in [0.2, 0.25) is 6.04 Å². The van der Waals surface area contributed by atoms with Crippen LogP contribution in [0.4, 0.5) is 0 Å². The van der Waals surface area contributed by atoms with E-state index in [-0.39, 0.29) is 0 Å². The van der Waals surface area contributed by atoms with Crippen LogP contribution in [0.1, 0.15) is 77.0 Å². The first kappa shape index (κ1) is 17.4. The van der Waals surface area contributed by atoms with Crippen LogP contribution in [-0.2, 0) is 0 Å². The summed E-state index contributed by atoms with van der Waals surface area (Å²) in [5.41, 5.74) is 0. The normalized spacial score (nSPS) is 24.6. The number of hydrogen-bond acceptors (Lipinski definition) is 0. The van der Waals surface area contributed by atoms with Gasteiger partial charge in [0.2, 0.25) is 0 Å². The smallest absolute Gasteiger partial charge is 0.126 e.